The molecule has 28 heavy (non-hydrogen) atoms. The summed E-state index contributed by atoms with van der Waals surface area (Å²) >= 11 is 0. The Morgan fingerprint density at radius 1 is 1.00 bits per heavy atom. The van der Waals surface area contributed by atoms with Crippen molar-refractivity contribution in [2.24, 2.45) is 4.99 Å². The zero-order valence-electron chi connectivity index (χ0n) is 17.0. The maximum absolute atomic E-state index is 11.6. The fourth-order valence-electron chi connectivity index (χ4n) is 2.71. The molecule has 6 nitrogen and oxygen atoms in total. The van der Waals surface area contributed by atoms with Gasteiger partial charge in [0.25, 0.3) is 0 Å². The lowest BCUT2D eigenvalue weighted by atomic mass is 10.0. The van der Waals surface area contributed by atoms with Gasteiger partial charge in [-0.05, 0) is 36.6 Å². The van der Waals surface area contributed by atoms with E-state index in [2.05, 4.69) is 58.5 Å². The molecule has 0 fully saturated rings. The first-order chi connectivity index (χ1) is 13.3. The Kier molecular flexibility index (Phi) is 8.02. The number of nitrogens with zero attached hydrogens (tertiary/aromatic N) is 1. The van der Waals surface area contributed by atoms with E-state index in [0.29, 0.717) is 12.5 Å². The van der Waals surface area contributed by atoms with Crippen LogP contribution in [0.4, 0.5) is 0 Å². The fourth-order valence-corrected chi connectivity index (χ4v) is 3.49. The molecule has 0 amide bonds. The van der Waals surface area contributed by atoms with Crippen molar-refractivity contribution in [3.63, 3.8) is 0 Å². The highest BCUT2D eigenvalue weighted by Crippen LogP contribution is 2.14. The molecule has 0 aliphatic carbocycles. The first-order valence-corrected chi connectivity index (χ1v) is 11.0. The molecule has 0 heterocycles. The van der Waals surface area contributed by atoms with Crippen molar-refractivity contribution >= 4 is 16.0 Å². The van der Waals surface area contributed by atoms with Gasteiger partial charge in [0.1, 0.15) is 0 Å². The molecule has 0 bridgehead atoms. The molecule has 0 aromatic heterocycles. The standard InChI is InChI=1S/C21H30N4O2S/c1-16-5-11-20(12-6-16)17(2)13-24-21(22-3)25-14-18-7-9-19(10-8-18)15-28(26,27)23-4/h5-12,17,23H,13-15H2,1-4H3,(H2,22,24,25). The Morgan fingerprint density at radius 3 is 2.18 bits per heavy atom. The molecule has 2 aromatic carbocycles. The van der Waals surface area contributed by atoms with E-state index in [0.717, 1.165) is 23.6 Å². The number of aliphatic imine (C=N–C) groups is 1. The molecular formula is C21H30N4O2S. The van der Waals surface area contributed by atoms with Crippen LogP contribution >= 0.6 is 0 Å². The van der Waals surface area contributed by atoms with Crippen LogP contribution in [0.5, 0.6) is 0 Å². The molecule has 0 radical (unpaired) electrons. The van der Waals surface area contributed by atoms with Gasteiger partial charge in [0.05, 0.1) is 5.75 Å². The van der Waals surface area contributed by atoms with Crippen molar-refractivity contribution in [3.05, 3.63) is 70.8 Å². The summed E-state index contributed by atoms with van der Waals surface area (Å²) in [5.74, 6) is 1.09. The van der Waals surface area contributed by atoms with Crippen LogP contribution < -0.4 is 15.4 Å². The quantitative estimate of drug-likeness (QED) is 0.468. The molecule has 0 spiro atoms. The van der Waals surface area contributed by atoms with E-state index in [4.69, 9.17) is 0 Å². The number of hydrogen-bond donors (Lipinski definition) is 3. The molecule has 2 aromatic rings. The van der Waals surface area contributed by atoms with Gasteiger partial charge in [0.2, 0.25) is 10.0 Å². The third-order valence-corrected chi connectivity index (χ3v) is 5.93. The van der Waals surface area contributed by atoms with Crippen molar-refractivity contribution < 1.29 is 8.42 Å². The Balaban J connectivity index is 1.84. The van der Waals surface area contributed by atoms with Gasteiger partial charge < -0.3 is 10.6 Å². The number of nitrogens with one attached hydrogen (secondary N) is 3. The van der Waals surface area contributed by atoms with Crippen LogP contribution in [0.1, 0.15) is 35.1 Å². The van der Waals surface area contributed by atoms with E-state index in [9.17, 15) is 8.42 Å². The Morgan fingerprint density at radius 2 is 1.61 bits per heavy atom. The van der Waals surface area contributed by atoms with E-state index in [-0.39, 0.29) is 5.75 Å². The smallest absolute Gasteiger partial charge is 0.215 e. The second-order valence-electron chi connectivity index (χ2n) is 6.90. The molecule has 0 aliphatic rings. The van der Waals surface area contributed by atoms with Gasteiger partial charge in [-0.25, -0.2) is 13.1 Å². The van der Waals surface area contributed by atoms with Crippen molar-refractivity contribution in [2.45, 2.75) is 32.1 Å². The molecule has 1 unspecified atom stereocenters. The van der Waals surface area contributed by atoms with Gasteiger partial charge in [0.15, 0.2) is 5.96 Å². The van der Waals surface area contributed by atoms with Crippen LogP contribution in [-0.4, -0.2) is 35.0 Å². The highest BCUT2D eigenvalue weighted by Gasteiger charge is 2.09. The predicted octanol–water partition coefficient (Wildman–Crippen LogP) is 2.51. The zero-order valence-corrected chi connectivity index (χ0v) is 17.8. The summed E-state index contributed by atoms with van der Waals surface area (Å²) in [6.07, 6.45) is 0. The monoisotopic (exact) mass is 402 g/mol. The van der Waals surface area contributed by atoms with E-state index in [1.165, 1.54) is 18.2 Å². The third-order valence-electron chi connectivity index (χ3n) is 4.60. The van der Waals surface area contributed by atoms with Crippen LogP contribution in [0.15, 0.2) is 53.5 Å². The molecule has 1 atom stereocenters. The number of rotatable bonds is 8. The summed E-state index contributed by atoms with van der Waals surface area (Å²) < 4.78 is 25.5. The highest BCUT2D eigenvalue weighted by molar-refractivity contribution is 7.88. The molecule has 3 N–H and O–H groups in total. The fraction of sp³-hybridized carbons (Fsp3) is 0.381. The first kappa shape index (κ1) is 21.9. The van der Waals surface area contributed by atoms with Crippen molar-refractivity contribution in [3.8, 4) is 0 Å². The minimum Gasteiger partial charge on any atom is -0.356 e. The number of aryl methyl sites for hydroxylation is 1. The van der Waals surface area contributed by atoms with Gasteiger partial charge in [-0.15, -0.1) is 0 Å². The lowest BCUT2D eigenvalue weighted by Crippen LogP contribution is -2.38. The van der Waals surface area contributed by atoms with Gasteiger partial charge in [-0.3, -0.25) is 4.99 Å². The van der Waals surface area contributed by atoms with Crippen LogP contribution in [0.3, 0.4) is 0 Å². The second kappa shape index (κ2) is 10.2. The third kappa shape index (κ3) is 6.98. The van der Waals surface area contributed by atoms with Crippen LogP contribution in [0.25, 0.3) is 0 Å². The Bertz CT molecular complexity index is 876. The van der Waals surface area contributed by atoms with Crippen LogP contribution in [-0.2, 0) is 22.3 Å². The van der Waals surface area contributed by atoms with Crippen LogP contribution in [0.2, 0.25) is 0 Å². The minimum atomic E-state index is -3.25. The minimum absolute atomic E-state index is 0.0165. The maximum atomic E-state index is 11.6. The van der Waals surface area contributed by atoms with E-state index in [1.807, 2.05) is 24.3 Å². The molecule has 7 heteroatoms. The van der Waals surface area contributed by atoms with Crippen molar-refractivity contribution in [1.29, 1.82) is 0 Å². The van der Waals surface area contributed by atoms with E-state index < -0.39 is 10.0 Å². The van der Waals surface area contributed by atoms with E-state index >= 15 is 0 Å². The maximum Gasteiger partial charge on any atom is 0.215 e. The summed E-state index contributed by atoms with van der Waals surface area (Å²) in [6.45, 7) is 5.66. The average molecular weight is 403 g/mol. The van der Waals surface area contributed by atoms with Crippen molar-refractivity contribution in [1.82, 2.24) is 15.4 Å². The summed E-state index contributed by atoms with van der Waals surface area (Å²) in [7, 11) is -0.0806. The van der Waals surface area contributed by atoms with Gasteiger partial charge in [-0.1, -0.05) is 61.0 Å². The summed E-state index contributed by atoms with van der Waals surface area (Å²) in [4.78, 5) is 4.27. The molecule has 0 saturated carbocycles. The molecule has 152 valence electrons. The van der Waals surface area contributed by atoms with Gasteiger partial charge in [-0.2, -0.15) is 0 Å². The summed E-state index contributed by atoms with van der Waals surface area (Å²) in [5.41, 5.74) is 4.37. The predicted molar refractivity (Wildman–Crippen MR) is 116 cm³/mol. The molecule has 2 rings (SSSR count). The summed E-state index contributed by atoms with van der Waals surface area (Å²) in [6, 6.07) is 16.1. The largest absolute Gasteiger partial charge is 0.356 e. The topological polar surface area (TPSA) is 82.6 Å². The molecular weight excluding hydrogens is 372 g/mol. The lowest BCUT2D eigenvalue weighted by Gasteiger charge is -2.17. The normalized spacial score (nSPS) is 13.2. The number of hydrogen-bond acceptors (Lipinski definition) is 3. The second-order valence-corrected chi connectivity index (χ2v) is 8.82. The van der Waals surface area contributed by atoms with Crippen LogP contribution in [0, 0.1) is 6.92 Å². The van der Waals surface area contributed by atoms with Crippen molar-refractivity contribution in [2.75, 3.05) is 20.6 Å². The molecule has 0 aliphatic heterocycles. The van der Waals surface area contributed by atoms with Gasteiger partial charge >= 0.3 is 0 Å². The Labute approximate surface area is 168 Å². The average Bonchev–Trinajstić information content (AvgIpc) is 2.69. The zero-order chi connectivity index (χ0) is 20.6. The highest BCUT2D eigenvalue weighted by atomic mass is 32.2. The number of sulfonamides is 1. The SMILES string of the molecule is CN=C(NCc1ccc(CS(=O)(=O)NC)cc1)NCC(C)c1ccc(C)cc1. The summed E-state index contributed by atoms with van der Waals surface area (Å²) in [5, 5.41) is 6.64. The number of guanidine groups is 1. The first-order valence-electron chi connectivity index (χ1n) is 9.33. The van der Waals surface area contributed by atoms with Gasteiger partial charge in [0, 0.05) is 20.1 Å². The number of benzene rings is 2. The Hall–Kier alpha value is -2.38. The van der Waals surface area contributed by atoms with E-state index in [1.54, 1.807) is 7.05 Å². The lowest BCUT2D eigenvalue weighted by molar-refractivity contribution is 0.587. The molecule has 0 saturated heterocycles.